The van der Waals surface area contributed by atoms with Gasteiger partial charge in [0.15, 0.2) is 0 Å². The number of aromatic amines is 1. The molecule has 2 aromatic carbocycles. The summed E-state index contributed by atoms with van der Waals surface area (Å²) in [5.74, 6) is -1.57. The summed E-state index contributed by atoms with van der Waals surface area (Å²) in [6.07, 6.45) is 1.65. The molecule has 0 spiro atoms. The molecule has 28 heavy (non-hydrogen) atoms. The number of rotatable bonds is 6. The summed E-state index contributed by atoms with van der Waals surface area (Å²) < 4.78 is 41.6. The third-order valence-electron chi connectivity index (χ3n) is 5.37. The number of halogens is 3. The molecule has 1 saturated carbocycles. The second kappa shape index (κ2) is 7.31. The van der Waals surface area contributed by atoms with Gasteiger partial charge in [0.2, 0.25) is 5.91 Å². The van der Waals surface area contributed by atoms with E-state index in [9.17, 15) is 18.0 Å². The van der Waals surface area contributed by atoms with Crippen molar-refractivity contribution in [1.82, 2.24) is 10.3 Å². The molecule has 0 unspecified atom stereocenters. The Morgan fingerprint density at radius 3 is 2.50 bits per heavy atom. The fourth-order valence-electron chi connectivity index (χ4n) is 4.05. The summed E-state index contributed by atoms with van der Waals surface area (Å²) in [4.78, 5) is 13.9. The first-order valence-corrected chi connectivity index (χ1v) is 9.18. The Labute approximate surface area is 159 Å². The standard InChI is InChI=1S/C21H20F3N3O/c22-14-3-1-12(2-4-14)20-19(13-5-11(6-13)9-26-10-18(25)28)16-7-15(23)8-17(24)21(16)27-20/h1-4,7-8,11,13,26-27H,5-6,9-10H2,(H2,25,28). The van der Waals surface area contributed by atoms with Crippen LogP contribution in [-0.2, 0) is 4.79 Å². The molecule has 3 aromatic rings. The Bertz CT molecular complexity index is 1020. The van der Waals surface area contributed by atoms with E-state index in [4.69, 9.17) is 5.73 Å². The minimum Gasteiger partial charge on any atom is -0.369 e. The first kappa shape index (κ1) is 18.6. The smallest absolute Gasteiger partial charge is 0.231 e. The van der Waals surface area contributed by atoms with Crippen LogP contribution < -0.4 is 11.1 Å². The summed E-state index contributed by atoms with van der Waals surface area (Å²) in [6.45, 7) is 0.794. The lowest BCUT2D eigenvalue weighted by atomic mass is 9.70. The van der Waals surface area contributed by atoms with E-state index in [-0.39, 0.29) is 23.8 Å². The molecule has 1 heterocycles. The number of aromatic nitrogens is 1. The van der Waals surface area contributed by atoms with Crippen LogP contribution in [0.15, 0.2) is 36.4 Å². The van der Waals surface area contributed by atoms with Crippen LogP contribution in [0.5, 0.6) is 0 Å². The van der Waals surface area contributed by atoms with Crippen LogP contribution in [0.1, 0.15) is 24.3 Å². The molecule has 0 radical (unpaired) electrons. The fourth-order valence-corrected chi connectivity index (χ4v) is 4.05. The average molecular weight is 387 g/mol. The Hall–Kier alpha value is -2.80. The number of hydrogen-bond donors (Lipinski definition) is 3. The van der Waals surface area contributed by atoms with Crippen molar-refractivity contribution in [3.8, 4) is 11.3 Å². The summed E-state index contributed by atoms with van der Waals surface area (Å²) in [5.41, 5.74) is 7.65. The highest BCUT2D eigenvalue weighted by Crippen LogP contribution is 2.48. The summed E-state index contributed by atoms with van der Waals surface area (Å²) in [5, 5.41) is 3.54. The van der Waals surface area contributed by atoms with E-state index in [1.54, 1.807) is 12.1 Å². The fraction of sp³-hybridized carbons (Fsp3) is 0.286. The predicted molar refractivity (Wildman–Crippen MR) is 101 cm³/mol. The highest BCUT2D eigenvalue weighted by Gasteiger charge is 2.34. The van der Waals surface area contributed by atoms with E-state index in [1.807, 2.05) is 0 Å². The van der Waals surface area contributed by atoms with E-state index in [2.05, 4.69) is 10.3 Å². The van der Waals surface area contributed by atoms with E-state index in [0.717, 1.165) is 30.0 Å². The Morgan fingerprint density at radius 2 is 1.82 bits per heavy atom. The SMILES string of the molecule is NC(=O)CNCC1CC(c2c(-c3ccc(F)cc3)[nH]c3c(F)cc(F)cc23)C1. The lowest BCUT2D eigenvalue weighted by Gasteiger charge is -2.36. The van der Waals surface area contributed by atoms with Gasteiger partial charge >= 0.3 is 0 Å². The van der Waals surface area contributed by atoms with Crippen molar-refractivity contribution >= 4 is 16.8 Å². The van der Waals surface area contributed by atoms with Gasteiger partial charge in [-0.05, 0) is 72.7 Å². The van der Waals surface area contributed by atoms with Crippen LogP contribution in [0.4, 0.5) is 13.2 Å². The minimum absolute atomic E-state index is 0.121. The average Bonchev–Trinajstić information content (AvgIpc) is 2.96. The summed E-state index contributed by atoms with van der Waals surface area (Å²) in [7, 11) is 0. The van der Waals surface area contributed by atoms with Crippen LogP contribution >= 0.6 is 0 Å². The van der Waals surface area contributed by atoms with Crippen molar-refractivity contribution in [2.45, 2.75) is 18.8 Å². The quantitative estimate of drug-likeness (QED) is 0.602. The number of primary amides is 1. The molecule has 0 saturated heterocycles. The number of benzene rings is 2. The van der Waals surface area contributed by atoms with Crippen LogP contribution in [0.25, 0.3) is 22.2 Å². The largest absolute Gasteiger partial charge is 0.369 e. The number of amides is 1. The minimum atomic E-state index is -0.649. The number of H-pyrrole nitrogens is 1. The van der Waals surface area contributed by atoms with Crippen molar-refractivity contribution in [3.63, 3.8) is 0 Å². The number of nitrogens with two attached hydrogens (primary N) is 1. The molecule has 4 rings (SSSR count). The normalized spacial score (nSPS) is 19.0. The van der Waals surface area contributed by atoms with E-state index in [0.29, 0.717) is 23.5 Å². The molecule has 0 aliphatic heterocycles. The number of carbonyl (C=O) groups is 1. The molecule has 1 fully saturated rings. The third kappa shape index (κ3) is 3.49. The van der Waals surface area contributed by atoms with Gasteiger partial charge in [0.25, 0.3) is 0 Å². The zero-order valence-electron chi connectivity index (χ0n) is 15.1. The van der Waals surface area contributed by atoms with Gasteiger partial charge in [0.1, 0.15) is 17.5 Å². The van der Waals surface area contributed by atoms with Crippen molar-refractivity contribution in [3.05, 3.63) is 59.4 Å². The predicted octanol–water partition coefficient (Wildman–Crippen LogP) is 3.82. The molecule has 1 aliphatic carbocycles. The number of carbonyl (C=O) groups excluding carboxylic acids is 1. The Balaban J connectivity index is 1.67. The maximum absolute atomic E-state index is 14.3. The van der Waals surface area contributed by atoms with E-state index < -0.39 is 17.5 Å². The Kier molecular flexibility index (Phi) is 4.85. The van der Waals surface area contributed by atoms with Gasteiger partial charge in [-0.15, -0.1) is 0 Å². The van der Waals surface area contributed by atoms with Gasteiger partial charge in [-0.2, -0.15) is 0 Å². The van der Waals surface area contributed by atoms with Gasteiger partial charge in [-0.1, -0.05) is 0 Å². The highest BCUT2D eigenvalue weighted by molar-refractivity contribution is 5.92. The third-order valence-corrected chi connectivity index (χ3v) is 5.37. The monoisotopic (exact) mass is 387 g/mol. The Morgan fingerprint density at radius 1 is 1.11 bits per heavy atom. The van der Waals surface area contributed by atoms with Gasteiger partial charge in [0.05, 0.1) is 17.8 Å². The van der Waals surface area contributed by atoms with E-state index in [1.165, 1.54) is 18.2 Å². The lowest BCUT2D eigenvalue weighted by Crippen LogP contribution is -2.36. The van der Waals surface area contributed by atoms with Crippen LogP contribution in [-0.4, -0.2) is 24.0 Å². The summed E-state index contributed by atoms with van der Waals surface area (Å²) >= 11 is 0. The summed E-state index contributed by atoms with van der Waals surface area (Å²) in [6, 6.07) is 8.15. The van der Waals surface area contributed by atoms with Crippen molar-refractivity contribution in [2.75, 3.05) is 13.1 Å². The maximum Gasteiger partial charge on any atom is 0.231 e. The molecule has 1 amide bonds. The van der Waals surface area contributed by atoms with Gasteiger partial charge in [0, 0.05) is 11.5 Å². The lowest BCUT2D eigenvalue weighted by molar-refractivity contribution is -0.117. The molecular formula is C21H20F3N3O. The molecule has 7 heteroatoms. The first-order valence-electron chi connectivity index (χ1n) is 9.18. The number of hydrogen-bond acceptors (Lipinski definition) is 2. The molecule has 1 aromatic heterocycles. The van der Waals surface area contributed by atoms with Gasteiger partial charge in [-0.3, -0.25) is 4.79 Å². The van der Waals surface area contributed by atoms with Gasteiger partial charge < -0.3 is 16.0 Å². The molecule has 4 N–H and O–H groups in total. The first-order chi connectivity index (χ1) is 13.4. The van der Waals surface area contributed by atoms with Crippen molar-refractivity contribution in [1.29, 1.82) is 0 Å². The molecular weight excluding hydrogens is 367 g/mol. The highest BCUT2D eigenvalue weighted by atomic mass is 19.1. The second-order valence-electron chi connectivity index (χ2n) is 7.36. The van der Waals surface area contributed by atoms with Crippen LogP contribution in [0.2, 0.25) is 0 Å². The van der Waals surface area contributed by atoms with Crippen LogP contribution in [0, 0.1) is 23.4 Å². The zero-order valence-corrected chi connectivity index (χ0v) is 15.1. The van der Waals surface area contributed by atoms with Gasteiger partial charge in [-0.25, -0.2) is 13.2 Å². The molecule has 0 atom stereocenters. The van der Waals surface area contributed by atoms with Crippen molar-refractivity contribution in [2.24, 2.45) is 11.7 Å². The number of nitrogens with one attached hydrogen (secondary N) is 2. The molecule has 0 bridgehead atoms. The zero-order chi connectivity index (χ0) is 19.8. The molecule has 4 nitrogen and oxygen atoms in total. The van der Waals surface area contributed by atoms with E-state index >= 15 is 0 Å². The molecule has 146 valence electrons. The maximum atomic E-state index is 14.3. The van der Waals surface area contributed by atoms with Crippen LogP contribution in [0.3, 0.4) is 0 Å². The molecule has 1 aliphatic rings. The number of fused-ring (bicyclic) bond motifs is 1. The second-order valence-corrected chi connectivity index (χ2v) is 7.36. The van der Waals surface area contributed by atoms with Crippen molar-refractivity contribution < 1.29 is 18.0 Å². The topological polar surface area (TPSA) is 70.9 Å².